The molecule has 2 nitrogen and oxygen atoms in total. The molecule has 1 N–H and O–H groups in total. The van der Waals surface area contributed by atoms with Crippen LogP contribution in [-0.4, -0.2) is 16.8 Å². The van der Waals surface area contributed by atoms with E-state index in [2.05, 4.69) is 28.2 Å². The van der Waals surface area contributed by atoms with Crippen LogP contribution in [0.25, 0.3) is 0 Å². The molecule has 0 saturated heterocycles. The van der Waals surface area contributed by atoms with Crippen LogP contribution in [0.1, 0.15) is 39.0 Å². The van der Waals surface area contributed by atoms with Crippen molar-refractivity contribution in [2.24, 2.45) is 0 Å². The van der Waals surface area contributed by atoms with Crippen molar-refractivity contribution in [3.05, 3.63) is 0 Å². The van der Waals surface area contributed by atoms with Gasteiger partial charge in [-0.3, -0.25) is 4.79 Å². The van der Waals surface area contributed by atoms with E-state index in [0.29, 0.717) is 6.04 Å². The van der Waals surface area contributed by atoms with Gasteiger partial charge in [0, 0.05) is 6.04 Å². The van der Waals surface area contributed by atoms with E-state index in [9.17, 15) is 4.79 Å². The second kappa shape index (κ2) is 4.85. The number of hydrogen-bond donors (Lipinski definition) is 1. The Morgan fingerprint density at radius 1 is 1.67 bits per heavy atom. The third-order valence-electron chi connectivity index (χ3n) is 2.02. The number of halogens is 1. The minimum Gasteiger partial charge on any atom is -0.352 e. The van der Waals surface area contributed by atoms with Crippen molar-refractivity contribution in [1.82, 2.24) is 5.32 Å². The van der Waals surface area contributed by atoms with Gasteiger partial charge < -0.3 is 5.32 Å². The van der Waals surface area contributed by atoms with Crippen LogP contribution in [0.15, 0.2) is 0 Å². The number of unbranched alkanes of at least 4 members (excludes halogenated alkanes) is 1. The molecule has 0 bridgehead atoms. The summed E-state index contributed by atoms with van der Waals surface area (Å²) in [5, 5.41) is 2.98. The van der Waals surface area contributed by atoms with Gasteiger partial charge in [0.05, 0.1) is 4.83 Å². The Labute approximate surface area is 82.2 Å². The highest BCUT2D eigenvalue weighted by atomic mass is 79.9. The van der Waals surface area contributed by atoms with Crippen molar-refractivity contribution in [3.8, 4) is 0 Å². The Morgan fingerprint density at radius 3 is 2.83 bits per heavy atom. The van der Waals surface area contributed by atoms with Crippen molar-refractivity contribution in [2.45, 2.75) is 49.9 Å². The Kier molecular flexibility index (Phi) is 4.06. The van der Waals surface area contributed by atoms with Crippen LogP contribution in [0.5, 0.6) is 0 Å². The van der Waals surface area contributed by atoms with Gasteiger partial charge in [-0.25, -0.2) is 0 Å². The van der Waals surface area contributed by atoms with Crippen LogP contribution in [0.4, 0.5) is 0 Å². The Balaban J connectivity index is 2.11. The molecule has 0 aliphatic heterocycles. The first-order chi connectivity index (χ1) is 5.74. The van der Waals surface area contributed by atoms with Crippen molar-refractivity contribution in [3.63, 3.8) is 0 Å². The summed E-state index contributed by atoms with van der Waals surface area (Å²) >= 11 is 3.39. The van der Waals surface area contributed by atoms with Crippen LogP contribution in [0, 0.1) is 0 Å². The Morgan fingerprint density at radius 2 is 2.33 bits per heavy atom. The second-order valence-electron chi connectivity index (χ2n) is 3.39. The van der Waals surface area contributed by atoms with Crippen molar-refractivity contribution >= 4 is 21.8 Å². The fourth-order valence-corrected chi connectivity index (χ4v) is 1.49. The average molecular weight is 234 g/mol. The van der Waals surface area contributed by atoms with Gasteiger partial charge >= 0.3 is 0 Å². The molecule has 70 valence electrons. The molecule has 1 aliphatic carbocycles. The van der Waals surface area contributed by atoms with Gasteiger partial charge in [0.1, 0.15) is 0 Å². The summed E-state index contributed by atoms with van der Waals surface area (Å²) in [6.07, 6.45) is 5.56. The lowest BCUT2D eigenvalue weighted by atomic mass is 10.2. The lowest BCUT2D eigenvalue weighted by molar-refractivity contribution is -0.120. The molecule has 1 amide bonds. The van der Waals surface area contributed by atoms with Crippen LogP contribution in [0.2, 0.25) is 0 Å². The fraction of sp³-hybridized carbons (Fsp3) is 0.889. The molecule has 0 aromatic rings. The topological polar surface area (TPSA) is 29.1 Å². The molecule has 1 aliphatic rings. The minimum absolute atomic E-state index is 0.0260. The first kappa shape index (κ1) is 10.0. The molecule has 0 aromatic carbocycles. The highest BCUT2D eigenvalue weighted by Gasteiger charge is 2.25. The zero-order valence-electron chi connectivity index (χ0n) is 7.48. The van der Waals surface area contributed by atoms with E-state index in [1.807, 2.05) is 0 Å². The summed E-state index contributed by atoms with van der Waals surface area (Å²) in [6.45, 7) is 2.14. The summed E-state index contributed by atoms with van der Waals surface area (Å²) in [5.41, 5.74) is 0. The third kappa shape index (κ3) is 3.57. The minimum atomic E-state index is 0.0260. The van der Waals surface area contributed by atoms with E-state index < -0.39 is 0 Å². The van der Waals surface area contributed by atoms with Gasteiger partial charge in [0.15, 0.2) is 0 Å². The monoisotopic (exact) mass is 233 g/mol. The summed E-state index contributed by atoms with van der Waals surface area (Å²) in [4.78, 5) is 11.4. The number of amides is 1. The van der Waals surface area contributed by atoms with Gasteiger partial charge in [-0.1, -0.05) is 35.7 Å². The number of carbonyl (C=O) groups is 1. The number of hydrogen-bond acceptors (Lipinski definition) is 1. The van der Waals surface area contributed by atoms with Crippen molar-refractivity contribution < 1.29 is 4.79 Å². The molecule has 1 saturated carbocycles. The van der Waals surface area contributed by atoms with E-state index in [1.165, 1.54) is 12.8 Å². The third-order valence-corrected chi connectivity index (χ3v) is 2.89. The summed E-state index contributed by atoms with van der Waals surface area (Å²) in [6, 6.07) is 0.485. The number of carbonyl (C=O) groups excluding carboxylic acids is 1. The maximum Gasteiger partial charge on any atom is 0.233 e. The van der Waals surface area contributed by atoms with Crippen LogP contribution < -0.4 is 5.32 Å². The van der Waals surface area contributed by atoms with E-state index >= 15 is 0 Å². The molecule has 0 heterocycles. The zero-order chi connectivity index (χ0) is 8.97. The van der Waals surface area contributed by atoms with Crippen LogP contribution >= 0.6 is 15.9 Å². The smallest absolute Gasteiger partial charge is 0.233 e. The fourth-order valence-electron chi connectivity index (χ4n) is 1.03. The second-order valence-corrected chi connectivity index (χ2v) is 4.50. The highest BCUT2D eigenvalue weighted by Crippen LogP contribution is 2.20. The largest absolute Gasteiger partial charge is 0.352 e. The maximum atomic E-state index is 11.3. The molecule has 1 atom stereocenters. The van der Waals surface area contributed by atoms with Crippen LogP contribution in [-0.2, 0) is 4.79 Å². The zero-order valence-corrected chi connectivity index (χ0v) is 9.06. The van der Waals surface area contributed by atoms with Gasteiger partial charge in [0.2, 0.25) is 5.91 Å². The summed E-state index contributed by atoms with van der Waals surface area (Å²) in [5.74, 6) is 0.172. The van der Waals surface area contributed by atoms with E-state index in [-0.39, 0.29) is 10.7 Å². The number of rotatable bonds is 5. The predicted molar refractivity (Wildman–Crippen MR) is 53.4 cm³/mol. The molecule has 1 unspecified atom stereocenters. The molecule has 12 heavy (non-hydrogen) atoms. The van der Waals surface area contributed by atoms with Crippen LogP contribution in [0.3, 0.4) is 0 Å². The summed E-state index contributed by atoms with van der Waals surface area (Å²) in [7, 11) is 0. The van der Waals surface area contributed by atoms with Gasteiger partial charge in [0.25, 0.3) is 0 Å². The van der Waals surface area contributed by atoms with E-state index in [0.717, 1.165) is 19.3 Å². The maximum absolute atomic E-state index is 11.3. The lowest BCUT2D eigenvalue weighted by Gasteiger charge is -2.08. The predicted octanol–water partition coefficient (Wildman–Crippen LogP) is 2.22. The lowest BCUT2D eigenvalue weighted by Crippen LogP contribution is -2.32. The normalized spacial score (nSPS) is 18.8. The molecule has 3 heteroatoms. The molecular formula is C9H16BrNO. The molecular weight excluding hydrogens is 218 g/mol. The van der Waals surface area contributed by atoms with Crippen molar-refractivity contribution in [1.29, 1.82) is 0 Å². The molecule has 0 radical (unpaired) electrons. The Hall–Kier alpha value is -0.0500. The first-order valence-corrected chi connectivity index (χ1v) is 5.60. The van der Waals surface area contributed by atoms with E-state index in [4.69, 9.17) is 0 Å². The number of nitrogens with one attached hydrogen (secondary N) is 1. The van der Waals surface area contributed by atoms with Gasteiger partial charge in [-0.05, 0) is 19.3 Å². The number of alkyl halides is 1. The quantitative estimate of drug-likeness (QED) is 0.726. The standard InChI is InChI=1S/C9H16BrNO/c1-2-3-4-8(10)9(12)11-7-5-6-7/h7-8H,2-6H2,1H3,(H,11,12). The molecule has 0 spiro atoms. The molecule has 0 aromatic heterocycles. The summed E-state index contributed by atoms with van der Waals surface area (Å²) < 4.78 is 0. The van der Waals surface area contributed by atoms with Crippen molar-refractivity contribution in [2.75, 3.05) is 0 Å². The SMILES string of the molecule is CCCCC(Br)C(=O)NC1CC1. The first-order valence-electron chi connectivity index (χ1n) is 4.68. The molecule has 1 fully saturated rings. The van der Waals surface area contributed by atoms with E-state index in [1.54, 1.807) is 0 Å². The van der Waals surface area contributed by atoms with Gasteiger partial charge in [-0.15, -0.1) is 0 Å². The molecule has 1 rings (SSSR count). The van der Waals surface area contributed by atoms with Gasteiger partial charge in [-0.2, -0.15) is 0 Å². The highest BCUT2D eigenvalue weighted by molar-refractivity contribution is 9.10. The average Bonchev–Trinajstić information content (AvgIpc) is 2.83. The Bertz CT molecular complexity index is 157.